The zero-order valence-electron chi connectivity index (χ0n) is 16.2. The Morgan fingerprint density at radius 3 is 2.67 bits per heavy atom. The van der Waals surface area contributed by atoms with E-state index in [9.17, 15) is 8.42 Å². The molecular weight excluding hydrogens is 426 g/mol. The summed E-state index contributed by atoms with van der Waals surface area (Å²) in [6, 6.07) is 12.8. The molecule has 0 amide bonds. The molecule has 4 rings (SSSR count). The Labute approximate surface area is 179 Å². The van der Waals surface area contributed by atoms with Crippen molar-refractivity contribution in [1.82, 2.24) is 25.1 Å². The van der Waals surface area contributed by atoms with Gasteiger partial charge in [-0.05, 0) is 30.7 Å². The first kappa shape index (κ1) is 21.5. The largest absolute Gasteiger partial charge is 0.368 e. The number of aromatic nitrogens is 5. The number of aromatic amines is 1. The van der Waals surface area contributed by atoms with Crippen LogP contribution in [0.4, 0.5) is 17.6 Å². The molecule has 0 aliphatic heterocycles. The van der Waals surface area contributed by atoms with Crippen molar-refractivity contribution in [2.24, 2.45) is 0 Å². The highest BCUT2D eigenvalue weighted by molar-refractivity contribution is 7.89. The van der Waals surface area contributed by atoms with Gasteiger partial charge in [0.15, 0.2) is 15.7 Å². The van der Waals surface area contributed by atoms with Crippen molar-refractivity contribution in [2.75, 3.05) is 17.3 Å². The predicted octanol–water partition coefficient (Wildman–Crippen LogP) is 3.02. The molecule has 156 valence electrons. The monoisotopic (exact) mass is 445 g/mol. The number of hydrogen-bond donors (Lipinski definition) is 3. The summed E-state index contributed by atoms with van der Waals surface area (Å²) < 4.78 is 23.1. The van der Waals surface area contributed by atoms with Gasteiger partial charge in [-0.3, -0.25) is 5.10 Å². The number of fused-ring (bicyclic) bond motifs is 1. The van der Waals surface area contributed by atoms with Gasteiger partial charge >= 0.3 is 0 Å². The van der Waals surface area contributed by atoms with Gasteiger partial charge in [0.05, 0.1) is 11.3 Å². The standard InChI is InChI=1S/C19H19N7O2S.ClH/c1-11-15-7-6-13(9-16(15)26-25-11)17-22-18(20)24-19(23-17)21-14-5-3-4-12(8-14)10-29(2,27)28;/h3-9H,10H2,1-2H3,(H,25,26)(H3,20,21,22,23,24);1H. The molecule has 0 fully saturated rings. The van der Waals surface area contributed by atoms with Crippen molar-refractivity contribution < 1.29 is 8.42 Å². The summed E-state index contributed by atoms with van der Waals surface area (Å²) in [5.74, 6) is 0.705. The summed E-state index contributed by atoms with van der Waals surface area (Å²) in [4.78, 5) is 12.8. The van der Waals surface area contributed by atoms with E-state index in [1.165, 1.54) is 6.26 Å². The second-order valence-electron chi connectivity index (χ2n) is 6.82. The Bertz CT molecular complexity index is 1320. The topological polar surface area (TPSA) is 140 Å². The molecule has 0 bridgehead atoms. The van der Waals surface area contributed by atoms with Gasteiger partial charge < -0.3 is 11.1 Å². The van der Waals surface area contributed by atoms with Gasteiger partial charge in [-0.15, -0.1) is 12.4 Å². The zero-order valence-corrected chi connectivity index (χ0v) is 17.9. The zero-order chi connectivity index (χ0) is 20.6. The summed E-state index contributed by atoms with van der Waals surface area (Å²) in [7, 11) is -3.13. The van der Waals surface area contributed by atoms with Crippen LogP contribution in [0.3, 0.4) is 0 Å². The first-order valence-corrected chi connectivity index (χ1v) is 10.8. The minimum Gasteiger partial charge on any atom is -0.368 e. The molecule has 0 aliphatic carbocycles. The lowest BCUT2D eigenvalue weighted by molar-refractivity contribution is 0.601. The molecule has 0 unspecified atom stereocenters. The van der Waals surface area contributed by atoms with E-state index in [0.29, 0.717) is 17.1 Å². The van der Waals surface area contributed by atoms with Gasteiger partial charge in [0, 0.05) is 28.6 Å². The maximum absolute atomic E-state index is 11.5. The minimum absolute atomic E-state index is 0. The average molecular weight is 446 g/mol. The van der Waals surface area contributed by atoms with E-state index in [-0.39, 0.29) is 30.1 Å². The molecule has 0 atom stereocenters. The van der Waals surface area contributed by atoms with Gasteiger partial charge in [-0.2, -0.15) is 20.1 Å². The molecule has 4 N–H and O–H groups in total. The van der Waals surface area contributed by atoms with E-state index >= 15 is 0 Å². The number of hydrogen-bond acceptors (Lipinski definition) is 8. The fraction of sp³-hybridized carbons (Fsp3) is 0.158. The molecular formula is C19H20ClN7O2S. The lowest BCUT2D eigenvalue weighted by atomic mass is 10.1. The van der Waals surface area contributed by atoms with Gasteiger partial charge in [0.25, 0.3) is 0 Å². The first-order valence-electron chi connectivity index (χ1n) is 8.77. The molecule has 2 heterocycles. The fourth-order valence-electron chi connectivity index (χ4n) is 3.03. The van der Waals surface area contributed by atoms with Crippen molar-refractivity contribution in [1.29, 1.82) is 0 Å². The highest BCUT2D eigenvalue weighted by atomic mass is 35.5. The van der Waals surface area contributed by atoms with Crippen molar-refractivity contribution >= 4 is 50.7 Å². The van der Waals surface area contributed by atoms with Gasteiger partial charge in [-0.25, -0.2) is 8.42 Å². The summed E-state index contributed by atoms with van der Waals surface area (Å²) in [5.41, 5.74) is 9.74. The number of halogens is 1. The number of nitrogens with one attached hydrogen (secondary N) is 2. The molecule has 0 spiro atoms. The first-order chi connectivity index (χ1) is 13.8. The molecule has 9 nitrogen and oxygen atoms in total. The fourth-order valence-corrected chi connectivity index (χ4v) is 3.82. The van der Waals surface area contributed by atoms with Gasteiger partial charge in [0.2, 0.25) is 11.9 Å². The number of nitrogen functional groups attached to an aromatic ring is 1. The highest BCUT2D eigenvalue weighted by Gasteiger charge is 2.11. The number of nitrogens with two attached hydrogens (primary N) is 1. The number of benzene rings is 2. The Kier molecular flexibility index (Phi) is 5.90. The van der Waals surface area contributed by atoms with Gasteiger partial charge in [0.1, 0.15) is 0 Å². The Balaban J connectivity index is 0.00000256. The summed E-state index contributed by atoms with van der Waals surface area (Å²) in [5, 5.41) is 11.3. The van der Waals surface area contributed by atoms with Crippen LogP contribution in [0, 0.1) is 6.92 Å². The van der Waals surface area contributed by atoms with Crippen LogP contribution in [0.25, 0.3) is 22.3 Å². The van der Waals surface area contributed by atoms with Crippen LogP contribution in [0.1, 0.15) is 11.3 Å². The third-order valence-corrected chi connectivity index (χ3v) is 5.13. The maximum atomic E-state index is 11.5. The maximum Gasteiger partial charge on any atom is 0.232 e. The number of sulfone groups is 1. The summed E-state index contributed by atoms with van der Waals surface area (Å²) >= 11 is 0. The molecule has 2 aromatic heterocycles. The van der Waals surface area contributed by atoms with E-state index in [1.807, 2.05) is 25.1 Å². The highest BCUT2D eigenvalue weighted by Crippen LogP contribution is 2.24. The average Bonchev–Trinajstić information content (AvgIpc) is 3.00. The number of anilines is 3. The van der Waals surface area contributed by atoms with Crippen LogP contribution < -0.4 is 11.1 Å². The molecule has 11 heteroatoms. The molecule has 0 radical (unpaired) electrons. The molecule has 4 aromatic rings. The van der Waals surface area contributed by atoms with Crippen molar-refractivity contribution in [3.63, 3.8) is 0 Å². The van der Waals surface area contributed by atoms with E-state index < -0.39 is 9.84 Å². The Hall–Kier alpha value is -3.24. The van der Waals surface area contributed by atoms with E-state index in [1.54, 1.807) is 24.3 Å². The molecule has 0 saturated heterocycles. The van der Waals surface area contributed by atoms with E-state index in [2.05, 4.69) is 30.5 Å². The quantitative estimate of drug-likeness (QED) is 0.425. The molecule has 0 saturated carbocycles. The van der Waals surface area contributed by atoms with Crippen molar-refractivity contribution in [2.45, 2.75) is 12.7 Å². The van der Waals surface area contributed by atoms with Crippen LogP contribution >= 0.6 is 12.4 Å². The van der Waals surface area contributed by atoms with Crippen LogP contribution in [-0.2, 0) is 15.6 Å². The Morgan fingerprint density at radius 2 is 1.90 bits per heavy atom. The lowest BCUT2D eigenvalue weighted by Gasteiger charge is -2.09. The van der Waals surface area contributed by atoms with Crippen LogP contribution in [0.5, 0.6) is 0 Å². The number of H-pyrrole nitrogens is 1. The molecule has 0 aliphatic rings. The number of rotatable bonds is 5. The van der Waals surface area contributed by atoms with Crippen LogP contribution in [-0.4, -0.2) is 39.8 Å². The SMILES string of the molecule is Cc1[nH]nc2cc(-c3nc(N)nc(Nc4cccc(CS(C)(=O)=O)c4)n3)ccc12.Cl. The Morgan fingerprint density at radius 1 is 1.10 bits per heavy atom. The minimum atomic E-state index is -3.13. The number of nitrogens with zero attached hydrogens (tertiary/aromatic N) is 4. The van der Waals surface area contributed by atoms with Crippen molar-refractivity contribution in [3.05, 3.63) is 53.7 Å². The van der Waals surface area contributed by atoms with Crippen molar-refractivity contribution in [3.8, 4) is 11.4 Å². The third kappa shape index (κ3) is 4.84. The second-order valence-corrected chi connectivity index (χ2v) is 8.96. The molecule has 30 heavy (non-hydrogen) atoms. The molecule has 2 aromatic carbocycles. The van der Waals surface area contributed by atoms with E-state index in [0.717, 1.165) is 22.2 Å². The summed E-state index contributed by atoms with van der Waals surface area (Å²) in [6.45, 7) is 1.95. The summed E-state index contributed by atoms with van der Waals surface area (Å²) in [6.07, 6.45) is 1.20. The normalized spacial score (nSPS) is 11.3. The third-order valence-electron chi connectivity index (χ3n) is 4.27. The predicted molar refractivity (Wildman–Crippen MR) is 120 cm³/mol. The number of aryl methyl sites for hydroxylation is 1. The lowest BCUT2D eigenvalue weighted by Crippen LogP contribution is -2.05. The van der Waals surface area contributed by atoms with Gasteiger partial charge in [-0.1, -0.05) is 24.3 Å². The van der Waals surface area contributed by atoms with E-state index in [4.69, 9.17) is 5.73 Å². The second kappa shape index (κ2) is 8.25. The smallest absolute Gasteiger partial charge is 0.232 e. The van der Waals surface area contributed by atoms with Crippen LogP contribution in [0.2, 0.25) is 0 Å². The van der Waals surface area contributed by atoms with Crippen LogP contribution in [0.15, 0.2) is 42.5 Å².